The van der Waals surface area contributed by atoms with E-state index in [1.165, 1.54) is 12.1 Å². The zero-order valence-electron chi connectivity index (χ0n) is 16.2. The van der Waals surface area contributed by atoms with Crippen molar-refractivity contribution >= 4 is 27.9 Å². The van der Waals surface area contributed by atoms with Gasteiger partial charge in [0, 0.05) is 49.2 Å². The number of aliphatic imine (C=N–C) groups is 1. The Kier molecular flexibility index (Phi) is 8.07. The number of pyridine rings is 1. The molecule has 146 valence electrons. The monoisotopic (exact) mass is 443 g/mol. The predicted octanol–water partition coefficient (Wildman–Crippen LogP) is 4.41. The van der Waals surface area contributed by atoms with Gasteiger partial charge >= 0.3 is 0 Å². The first kappa shape index (κ1) is 21.5. The summed E-state index contributed by atoms with van der Waals surface area (Å²) in [5.41, 5.74) is 3.33. The minimum Gasteiger partial charge on any atom is -0.366 e. The van der Waals surface area contributed by atoms with Crippen LogP contribution >= 0.6 is 15.9 Å². The molecule has 5 nitrogen and oxygen atoms in total. The molecule has 0 bridgehead atoms. The van der Waals surface area contributed by atoms with Gasteiger partial charge in [0.1, 0.15) is 11.6 Å². The Bertz CT molecular complexity index is 906. The molecule has 0 saturated heterocycles. The van der Waals surface area contributed by atoms with Gasteiger partial charge in [-0.05, 0) is 52.2 Å². The van der Waals surface area contributed by atoms with E-state index in [-0.39, 0.29) is 5.82 Å². The highest BCUT2D eigenvalue weighted by molar-refractivity contribution is 9.12. The van der Waals surface area contributed by atoms with E-state index in [9.17, 15) is 4.39 Å². The second-order valence-corrected chi connectivity index (χ2v) is 7.05. The van der Waals surface area contributed by atoms with E-state index < -0.39 is 0 Å². The van der Waals surface area contributed by atoms with Crippen LogP contribution in [0, 0.1) is 12.7 Å². The van der Waals surface area contributed by atoms with Gasteiger partial charge in [-0.3, -0.25) is 15.0 Å². The maximum Gasteiger partial charge on any atom is 0.124 e. The van der Waals surface area contributed by atoms with Crippen molar-refractivity contribution in [1.29, 1.82) is 0 Å². The molecular weight excluding hydrogens is 421 g/mol. The minimum absolute atomic E-state index is 0.304. The van der Waals surface area contributed by atoms with Crippen molar-refractivity contribution in [2.45, 2.75) is 13.5 Å². The zero-order chi connectivity index (χ0) is 20.5. The number of aryl methyl sites for hydroxylation is 1. The third-order valence-electron chi connectivity index (χ3n) is 3.91. The first-order chi connectivity index (χ1) is 13.4. The standard InChI is InChI=1S/C21H23BrFN5/c1-15-7-8-18(23)10-19(15)20(24-3)11-21(28(4)27-12-16(2)22)26-14-17-6-5-9-25-13-17/h5-13,26H,2,14H2,1,3-4H3/b21-11-,24-20+,27-12-. The summed E-state index contributed by atoms with van der Waals surface area (Å²) in [5, 5.41) is 9.35. The average molecular weight is 444 g/mol. The summed E-state index contributed by atoms with van der Waals surface area (Å²) < 4.78 is 14.4. The van der Waals surface area contributed by atoms with Gasteiger partial charge in [-0.15, -0.1) is 0 Å². The molecule has 0 saturated carbocycles. The van der Waals surface area contributed by atoms with Gasteiger partial charge < -0.3 is 5.32 Å². The number of hydrogen-bond donors (Lipinski definition) is 1. The van der Waals surface area contributed by atoms with E-state index in [0.717, 1.165) is 16.7 Å². The van der Waals surface area contributed by atoms with Crippen LogP contribution < -0.4 is 5.32 Å². The molecule has 1 aromatic heterocycles. The molecule has 0 aliphatic carbocycles. The van der Waals surface area contributed by atoms with Crippen molar-refractivity contribution in [2.24, 2.45) is 10.1 Å². The highest BCUT2D eigenvalue weighted by Crippen LogP contribution is 2.14. The lowest BCUT2D eigenvalue weighted by molar-refractivity contribution is 0.408. The van der Waals surface area contributed by atoms with Gasteiger partial charge in [-0.2, -0.15) is 5.10 Å². The van der Waals surface area contributed by atoms with Gasteiger partial charge in [0.15, 0.2) is 0 Å². The Labute approximate surface area is 173 Å². The fourth-order valence-electron chi connectivity index (χ4n) is 2.43. The molecule has 1 heterocycles. The Morgan fingerprint density at radius 2 is 2.18 bits per heavy atom. The Balaban J connectivity index is 2.37. The SMILES string of the molecule is C=C(Br)/C=N\N(C)/C(=C\C(=N/C)c1cc(F)ccc1C)NCc1cccnc1. The van der Waals surface area contributed by atoms with Crippen molar-refractivity contribution in [3.63, 3.8) is 0 Å². The summed E-state index contributed by atoms with van der Waals surface area (Å²) in [6.07, 6.45) is 6.95. The fraction of sp³-hybridized carbons (Fsp3) is 0.190. The number of benzene rings is 1. The molecule has 0 amide bonds. The third-order valence-corrected chi connectivity index (χ3v) is 4.11. The van der Waals surface area contributed by atoms with E-state index in [1.807, 2.05) is 25.1 Å². The highest BCUT2D eigenvalue weighted by Gasteiger charge is 2.10. The number of allylic oxidation sites excluding steroid dienone is 2. The van der Waals surface area contributed by atoms with Crippen LogP contribution in [0.3, 0.4) is 0 Å². The van der Waals surface area contributed by atoms with Crippen molar-refractivity contribution in [2.75, 3.05) is 14.1 Å². The second kappa shape index (κ2) is 10.5. The van der Waals surface area contributed by atoms with Gasteiger partial charge in [0.05, 0.1) is 11.9 Å². The maximum atomic E-state index is 13.8. The summed E-state index contributed by atoms with van der Waals surface area (Å²) >= 11 is 3.26. The number of hydrazone groups is 1. The van der Waals surface area contributed by atoms with Crippen LogP contribution in [-0.4, -0.2) is 36.0 Å². The van der Waals surface area contributed by atoms with Crippen molar-refractivity contribution in [3.05, 3.63) is 88.2 Å². The predicted molar refractivity (Wildman–Crippen MR) is 117 cm³/mol. The van der Waals surface area contributed by atoms with Crippen LogP contribution in [0.2, 0.25) is 0 Å². The zero-order valence-corrected chi connectivity index (χ0v) is 17.7. The molecule has 7 heteroatoms. The van der Waals surface area contributed by atoms with Gasteiger partial charge in [0.25, 0.3) is 0 Å². The second-order valence-electron chi connectivity index (χ2n) is 6.03. The molecule has 0 aliphatic heterocycles. The van der Waals surface area contributed by atoms with Crippen LogP contribution in [-0.2, 0) is 6.54 Å². The van der Waals surface area contributed by atoms with E-state index in [1.54, 1.807) is 43.8 Å². The van der Waals surface area contributed by atoms with Gasteiger partial charge in [-0.1, -0.05) is 18.7 Å². The van der Waals surface area contributed by atoms with Crippen molar-refractivity contribution in [1.82, 2.24) is 15.3 Å². The van der Waals surface area contributed by atoms with Crippen molar-refractivity contribution < 1.29 is 4.39 Å². The molecule has 0 fully saturated rings. The molecular formula is C21H23BrFN5. The molecule has 0 unspecified atom stereocenters. The number of aromatic nitrogens is 1. The van der Waals surface area contributed by atoms with Crippen LogP contribution in [0.4, 0.5) is 4.39 Å². The van der Waals surface area contributed by atoms with Gasteiger partial charge in [-0.25, -0.2) is 4.39 Å². The molecule has 0 aliphatic rings. The first-order valence-corrected chi connectivity index (χ1v) is 9.40. The number of halogens is 2. The van der Waals surface area contributed by atoms with Gasteiger partial charge in [0.2, 0.25) is 0 Å². The highest BCUT2D eigenvalue weighted by atomic mass is 79.9. The smallest absolute Gasteiger partial charge is 0.124 e. The van der Waals surface area contributed by atoms with Crippen molar-refractivity contribution in [3.8, 4) is 0 Å². The Morgan fingerprint density at radius 3 is 2.82 bits per heavy atom. The lowest BCUT2D eigenvalue weighted by atomic mass is 10.0. The first-order valence-electron chi connectivity index (χ1n) is 8.60. The summed E-state index contributed by atoms with van der Waals surface area (Å²) in [5.74, 6) is 0.389. The largest absolute Gasteiger partial charge is 0.366 e. The third kappa shape index (κ3) is 6.42. The molecule has 0 radical (unpaired) electrons. The molecule has 2 aromatic rings. The number of hydrogen-bond acceptors (Lipinski definition) is 5. The quantitative estimate of drug-likeness (QED) is 0.485. The summed E-state index contributed by atoms with van der Waals surface area (Å²) in [7, 11) is 3.48. The van der Waals surface area contributed by atoms with E-state index in [2.05, 4.69) is 42.9 Å². The number of rotatable bonds is 8. The molecule has 0 atom stereocenters. The topological polar surface area (TPSA) is 52.9 Å². The molecule has 28 heavy (non-hydrogen) atoms. The molecule has 2 rings (SSSR count). The van der Waals surface area contributed by atoms with Crippen LogP contribution in [0.15, 0.2) is 75.8 Å². The summed E-state index contributed by atoms with van der Waals surface area (Å²) in [6, 6.07) is 8.52. The fourth-order valence-corrected chi connectivity index (χ4v) is 2.52. The summed E-state index contributed by atoms with van der Waals surface area (Å²) in [4.78, 5) is 8.48. The lowest BCUT2D eigenvalue weighted by Gasteiger charge is -2.20. The van der Waals surface area contributed by atoms with E-state index in [0.29, 0.717) is 22.6 Å². The Morgan fingerprint density at radius 1 is 1.39 bits per heavy atom. The Hall–Kier alpha value is -2.80. The minimum atomic E-state index is -0.304. The van der Waals surface area contributed by atoms with E-state index in [4.69, 9.17) is 0 Å². The number of nitrogens with one attached hydrogen (secondary N) is 1. The normalized spacial score (nSPS) is 12.3. The molecule has 1 N–H and O–H groups in total. The lowest BCUT2D eigenvalue weighted by Crippen LogP contribution is -2.26. The summed E-state index contributed by atoms with van der Waals surface area (Å²) in [6.45, 7) is 6.23. The van der Waals surface area contributed by atoms with Crippen LogP contribution in [0.25, 0.3) is 0 Å². The van der Waals surface area contributed by atoms with E-state index >= 15 is 0 Å². The average Bonchev–Trinajstić information content (AvgIpc) is 2.69. The van der Waals surface area contributed by atoms with Crippen LogP contribution in [0.1, 0.15) is 16.7 Å². The molecule has 0 spiro atoms. The molecule has 1 aromatic carbocycles. The van der Waals surface area contributed by atoms with Crippen LogP contribution in [0.5, 0.6) is 0 Å². The number of nitrogens with zero attached hydrogens (tertiary/aromatic N) is 4. The maximum absolute atomic E-state index is 13.8.